The van der Waals surface area contributed by atoms with Crippen molar-refractivity contribution in [3.05, 3.63) is 107 Å². The molecule has 0 bridgehead atoms. The van der Waals surface area contributed by atoms with Crippen LogP contribution in [-0.4, -0.2) is 83.4 Å². The maximum absolute atomic E-state index is 12.6. The maximum atomic E-state index is 12.6. The van der Waals surface area contributed by atoms with Crippen molar-refractivity contribution in [3.63, 3.8) is 0 Å². The first-order valence-electron chi connectivity index (χ1n) is 20.0. The predicted molar refractivity (Wildman–Crippen MR) is 233 cm³/mol. The summed E-state index contributed by atoms with van der Waals surface area (Å²) < 4.78 is 35.2. The molecular weight excluding hydrogens is 828 g/mol. The Hall–Kier alpha value is -5.81. The molecule has 6 N–H and O–H groups in total. The van der Waals surface area contributed by atoms with Gasteiger partial charge in [-0.15, -0.1) is 12.4 Å². The largest absolute Gasteiger partial charge is 0.478 e. The second-order valence-electron chi connectivity index (χ2n) is 16.4. The molecule has 4 heterocycles. The van der Waals surface area contributed by atoms with Gasteiger partial charge in [0.15, 0.2) is 0 Å². The third-order valence-corrected chi connectivity index (χ3v) is 8.80. The number of anilines is 2. The Kier molecular flexibility index (Phi) is 21.3. The summed E-state index contributed by atoms with van der Waals surface area (Å²) in [6, 6.07) is 12.6. The molecule has 338 valence electrons. The third-order valence-electron chi connectivity index (χ3n) is 8.80. The summed E-state index contributed by atoms with van der Waals surface area (Å²) >= 11 is 0. The normalized spacial score (nSPS) is 14.3. The van der Waals surface area contributed by atoms with Crippen LogP contribution in [0.3, 0.4) is 0 Å². The molecule has 3 aliphatic rings. The van der Waals surface area contributed by atoms with Crippen molar-refractivity contribution >= 4 is 47.9 Å². The molecule has 0 atom stereocenters. The lowest BCUT2D eigenvalue weighted by Crippen LogP contribution is -2.28. The highest BCUT2D eigenvalue weighted by molar-refractivity contribution is 5.91. The minimum atomic E-state index is -1.15. The summed E-state index contributed by atoms with van der Waals surface area (Å²) in [6.45, 7) is 10.8. The molecule has 7 rings (SSSR count). The molecular formula is C44H58ClF2N7O8. The summed E-state index contributed by atoms with van der Waals surface area (Å²) in [5, 5.41) is 23.6. The Bertz CT molecular complexity index is 2050. The maximum Gasteiger partial charge on any atom is 0.338 e. The van der Waals surface area contributed by atoms with Gasteiger partial charge in [0, 0.05) is 55.0 Å². The van der Waals surface area contributed by atoms with Crippen LogP contribution in [-0.2, 0) is 9.47 Å². The number of aromatic nitrogens is 4. The van der Waals surface area contributed by atoms with Crippen molar-refractivity contribution in [3.8, 4) is 0 Å². The first-order chi connectivity index (χ1) is 28.7. The second kappa shape index (κ2) is 25.2. The molecule has 3 fully saturated rings. The Morgan fingerprint density at radius 3 is 1.18 bits per heavy atom. The van der Waals surface area contributed by atoms with E-state index in [2.05, 4.69) is 30.6 Å². The molecule has 0 aliphatic heterocycles. The number of nitrogens with zero attached hydrogens (tertiary/aromatic N) is 4. The van der Waals surface area contributed by atoms with Crippen molar-refractivity contribution < 1.29 is 47.6 Å². The van der Waals surface area contributed by atoms with Crippen LogP contribution < -0.4 is 16.4 Å². The second-order valence-corrected chi connectivity index (χ2v) is 16.4. The number of aromatic carboxylic acids is 2. The fourth-order valence-corrected chi connectivity index (χ4v) is 4.98. The van der Waals surface area contributed by atoms with Gasteiger partial charge < -0.3 is 36.1 Å². The van der Waals surface area contributed by atoms with Crippen molar-refractivity contribution in [2.24, 2.45) is 5.73 Å². The third kappa shape index (κ3) is 20.6. The molecule has 18 heteroatoms. The topological polar surface area (TPSA) is 229 Å². The van der Waals surface area contributed by atoms with Crippen LogP contribution in [0.4, 0.5) is 20.4 Å². The number of carboxylic acids is 2. The molecule has 15 nitrogen and oxygen atoms in total. The van der Waals surface area contributed by atoms with Crippen molar-refractivity contribution in [2.75, 3.05) is 10.6 Å². The van der Waals surface area contributed by atoms with Gasteiger partial charge in [0.2, 0.25) is 11.9 Å². The van der Waals surface area contributed by atoms with E-state index in [9.17, 15) is 28.0 Å². The van der Waals surface area contributed by atoms with Crippen LogP contribution in [0, 0.1) is 11.9 Å². The monoisotopic (exact) mass is 885 g/mol. The minimum absolute atomic E-state index is 0. The minimum Gasteiger partial charge on any atom is -0.478 e. The number of nitrogens with two attached hydrogens (primary N) is 1. The van der Waals surface area contributed by atoms with Gasteiger partial charge in [-0.2, -0.15) is 8.78 Å². The molecule has 0 saturated heterocycles. The van der Waals surface area contributed by atoms with Gasteiger partial charge >= 0.3 is 23.9 Å². The first-order valence-corrected chi connectivity index (χ1v) is 20.0. The van der Waals surface area contributed by atoms with Crippen LogP contribution in [0.15, 0.2) is 73.3 Å². The average molecular weight is 886 g/mol. The number of carbonyl (C=O) groups is 4. The Morgan fingerprint density at radius 2 is 0.887 bits per heavy atom. The smallest absolute Gasteiger partial charge is 0.338 e. The zero-order valence-corrected chi connectivity index (χ0v) is 36.7. The number of halogens is 3. The van der Waals surface area contributed by atoms with E-state index in [4.69, 9.17) is 25.4 Å². The molecule has 4 aromatic heterocycles. The number of carboxylic acid groups (broad SMARTS) is 2. The van der Waals surface area contributed by atoms with Gasteiger partial charge in [0.05, 0.1) is 22.3 Å². The van der Waals surface area contributed by atoms with Crippen molar-refractivity contribution in [1.29, 1.82) is 0 Å². The van der Waals surface area contributed by atoms with Crippen LogP contribution >= 0.6 is 12.4 Å². The van der Waals surface area contributed by atoms with Gasteiger partial charge in [-0.3, -0.25) is 0 Å². The number of rotatable bonds is 8. The molecule has 0 aromatic carbocycles. The summed E-state index contributed by atoms with van der Waals surface area (Å²) in [6.07, 6.45) is 16.6. The molecule has 0 amide bonds. The average Bonchev–Trinajstić information content (AvgIpc) is 3.14. The molecule has 3 saturated carbocycles. The Morgan fingerprint density at radius 1 is 0.581 bits per heavy atom. The zero-order valence-electron chi connectivity index (χ0n) is 35.9. The van der Waals surface area contributed by atoms with E-state index in [0.717, 1.165) is 37.0 Å². The standard InChI is InChI=1S/C14H20N2O2.C10H12FNO2.C10H12N2O2.C6H4FNO2.C4H9N.ClH/c1-14(2,3)18-13(17)10-7-8-15-12(9-10)16-11-5-4-6-11;1-10(2,3)14-9(13)7-4-5-12-8(11)6-7;13-10(14)7-4-5-11-9(6-7)12-8-2-1-3-8;7-5-3-4(6(9)10)1-2-8-5;5-4-2-1-3-4;/h7-9,11H,4-6H2,1-3H3,(H,15,16);4-6H,1-3H3;4-6,8H,1-3H2,(H,11,12)(H,13,14);1-3H,(H,9,10);4H,1-3,5H2;1H. The van der Waals surface area contributed by atoms with E-state index < -0.39 is 41.0 Å². The highest BCUT2D eigenvalue weighted by Crippen LogP contribution is 2.24. The van der Waals surface area contributed by atoms with Crippen molar-refractivity contribution in [1.82, 2.24) is 19.9 Å². The van der Waals surface area contributed by atoms with E-state index in [-0.39, 0.29) is 35.1 Å². The summed E-state index contributed by atoms with van der Waals surface area (Å²) in [7, 11) is 0. The van der Waals surface area contributed by atoms with E-state index in [1.807, 2.05) is 20.8 Å². The lowest BCUT2D eigenvalue weighted by atomic mass is 9.93. The number of esters is 2. The summed E-state index contributed by atoms with van der Waals surface area (Å²) in [4.78, 5) is 59.0. The highest BCUT2D eigenvalue weighted by Gasteiger charge is 2.21. The molecule has 0 unspecified atom stereocenters. The van der Waals surface area contributed by atoms with E-state index in [1.54, 1.807) is 45.2 Å². The van der Waals surface area contributed by atoms with E-state index >= 15 is 0 Å². The molecule has 0 radical (unpaired) electrons. The first kappa shape index (κ1) is 52.3. The number of pyridine rings is 4. The lowest BCUT2D eigenvalue weighted by molar-refractivity contribution is 0.00567. The van der Waals surface area contributed by atoms with E-state index in [0.29, 0.717) is 29.5 Å². The molecule has 4 aromatic rings. The quantitative estimate of drug-likeness (QED) is 0.0823. The number of hydrogen-bond donors (Lipinski definition) is 5. The molecule has 62 heavy (non-hydrogen) atoms. The molecule has 0 spiro atoms. The van der Waals surface area contributed by atoms with Gasteiger partial charge in [-0.1, -0.05) is 6.42 Å². The van der Waals surface area contributed by atoms with E-state index in [1.165, 1.54) is 75.5 Å². The van der Waals surface area contributed by atoms with Crippen LogP contribution in [0.25, 0.3) is 0 Å². The van der Waals surface area contributed by atoms with Crippen molar-refractivity contribution in [2.45, 2.75) is 129 Å². The zero-order chi connectivity index (χ0) is 45.2. The summed E-state index contributed by atoms with van der Waals surface area (Å²) in [5.41, 5.74) is 5.24. The number of carbonyl (C=O) groups excluding carboxylic acids is 2. The van der Waals surface area contributed by atoms with Gasteiger partial charge in [-0.05, 0) is 129 Å². The molecule has 3 aliphatic carbocycles. The highest BCUT2D eigenvalue weighted by atomic mass is 35.5. The van der Waals surface area contributed by atoms with Gasteiger partial charge in [0.1, 0.15) is 22.8 Å². The van der Waals surface area contributed by atoms with Gasteiger partial charge in [-0.25, -0.2) is 39.1 Å². The fraction of sp³-hybridized carbons (Fsp3) is 0.455. The van der Waals surface area contributed by atoms with Gasteiger partial charge in [0.25, 0.3) is 0 Å². The lowest BCUT2D eigenvalue weighted by Gasteiger charge is -2.27. The van der Waals surface area contributed by atoms with Crippen LogP contribution in [0.5, 0.6) is 0 Å². The van der Waals surface area contributed by atoms with Crippen LogP contribution in [0.1, 0.15) is 141 Å². The number of nitrogens with one attached hydrogen (secondary N) is 2. The number of ether oxygens (including phenoxy) is 2. The number of hydrogen-bond acceptors (Lipinski definition) is 13. The Balaban J connectivity index is 0.000000276. The fourth-order valence-electron chi connectivity index (χ4n) is 4.98. The predicted octanol–water partition coefficient (Wildman–Crippen LogP) is 8.76. The summed E-state index contributed by atoms with van der Waals surface area (Å²) in [5.74, 6) is -2.96. The van der Waals surface area contributed by atoms with Crippen LogP contribution in [0.2, 0.25) is 0 Å². The Labute approximate surface area is 367 Å². The SMILES string of the molecule is CC(C)(C)OC(=O)c1ccnc(F)c1.CC(C)(C)OC(=O)c1ccnc(NC2CCC2)c1.Cl.NC1CCC1.O=C(O)c1ccnc(F)c1.O=C(O)c1ccnc(NC2CCC2)c1.